The van der Waals surface area contributed by atoms with Crippen molar-refractivity contribution in [3.05, 3.63) is 45.9 Å². The molecule has 5 nitrogen and oxygen atoms in total. The molecule has 1 heterocycles. The van der Waals surface area contributed by atoms with Crippen LogP contribution in [0.5, 0.6) is 5.75 Å². The molecule has 1 N–H and O–H groups in total. The number of ether oxygens (including phenoxy) is 2. The molecule has 25 heavy (non-hydrogen) atoms. The topological polar surface area (TPSA) is 60.5 Å². The zero-order chi connectivity index (χ0) is 18.1. The summed E-state index contributed by atoms with van der Waals surface area (Å²) in [7, 11) is 0. The van der Waals surface area contributed by atoms with Gasteiger partial charge in [0.25, 0.3) is 5.91 Å². The Balaban J connectivity index is 1.68. The van der Waals surface area contributed by atoms with Gasteiger partial charge in [0.2, 0.25) is 0 Å². The number of thiazole rings is 1. The molecule has 136 valence electrons. The smallest absolute Gasteiger partial charge is 0.251 e. The van der Waals surface area contributed by atoms with E-state index in [0.29, 0.717) is 31.2 Å². The number of amides is 1. The molecule has 0 aliphatic rings. The third-order valence-electron chi connectivity index (χ3n) is 3.37. The van der Waals surface area contributed by atoms with Gasteiger partial charge in [-0.1, -0.05) is 13.8 Å². The van der Waals surface area contributed by atoms with Gasteiger partial charge in [0, 0.05) is 30.7 Å². The highest BCUT2D eigenvalue weighted by atomic mass is 32.1. The zero-order valence-corrected chi connectivity index (χ0v) is 15.9. The molecule has 0 spiro atoms. The molecule has 1 amide bonds. The van der Waals surface area contributed by atoms with Crippen LogP contribution < -0.4 is 10.1 Å². The van der Waals surface area contributed by atoms with Crippen molar-refractivity contribution in [1.82, 2.24) is 10.3 Å². The maximum absolute atomic E-state index is 12.1. The van der Waals surface area contributed by atoms with Gasteiger partial charge in [0.1, 0.15) is 12.4 Å². The van der Waals surface area contributed by atoms with Crippen LogP contribution in [0.2, 0.25) is 0 Å². The normalized spacial score (nSPS) is 10.9. The van der Waals surface area contributed by atoms with E-state index in [0.717, 1.165) is 29.5 Å². The van der Waals surface area contributed by atoms with Gasteiger partial charge in [0.05, 0.1) is 10.7 Å². The summed E-state index contributed by atoms with van der Waals surface area (Å²) in [4.78, 5) is 16.4. The second kappa shape index (κ2) is 10.2. The first-order chi connectivity index (χ1) is 12.0. The molecule has 0 saturated carbocycles. The number of hydrogen-bond acceptors (Lipinski definition) is 5. The van der Waals surface area contributed by atoms with Crippen LogP contribution in [0.1, 0.15) is 41.3 Å². The van der Waals surface area contributed by atoms with Crippen LogP contribution in [0.3, 0.4) is 0 Å². The number of hydrogen-bond donors (Lipinski definition) is 1. The lowest BCUT2D eigenvalue weighted by atomic mass is 10.2. The number of nitrogens with one attached hydrogen (secondary N) is 1. The molecule has 6 heteroatoms. The maximum Gasteiger partial charge on any atom is 0.251 e. The Bertz CT molecular complexity index is 653. The predicted molar refractivity (Wildman–Crippen MR) is 100 cm³/mol. The fraction of sp³-hybridized carbons (Fsp3) is 0.474. The van der Waals surface area contributed by atoms with Crippen molar-refractivity contribution >= 4 is 17.2 Å². The van der Waals surface area contributed by atoms with E-state index in [9.17, 15) is 4.79 Å². The van der Waals surface area contributed by atoms with E-state index in [4.69, 9.17) is 9.47 Å². The van der Waals surface area contributed by atoms with Gasteiger partial charge in [-0.3, -0.25) is 4.79 Å². The summed E-state index contributed by atoms with van der Waals surface area (Å²) in [6.07, 6.45) is 0.812. The minimum atomic E-state index is -0.0782. The molecule has 0 atom stereocenters. The Kier molecular flexibility index (Phi) is 7.88. The van der Waals surface area contributed by atoms with Crippen LogP contribution in [0.25, 0.3) is 0 Å². The number of benzene rings is 1. The number of carbonyl (C=O) groups excluding carboxylic acids is 1. The predicted octanol–water partition coefficient (Wildman–Crippen LogP) is 3.82. The van der Waals surface area contributed by atoms with Gasteiger partial charge in [-0.2, -0.15) is 0 Å². The number of aromatic nitrogens is 1. The standard InChI is InChI=1S/C19H26N2O3S/c1-14(2)11-23-10-4-9-20-19(22)16-5-7-18(8-6-16)24-12-17-13-25-15(3)21-17/h5-8,13-14H,4,9-12H2,1-3H3,(H,20,22). The Morgan fingerprint density at radius 3 is 2.68 bits per heavy atom. The van der Waals surface area contributed by atoms with Crippen molar-refractivity contribution in [2.45, 2.75) is 33.8 Å². The SMILES string of the molecule is Cc1nc(COc2ccc(C(=O)NCCCOCC(C)C)cc2)cs1. The minimum Gasteiger partial charge on any atom is -0.487 e. The Morgan fingerprint density at radius 1 is 1.28 bits per heavy atom. The van der Waals surface area contributed by atoms with Crippen molar-refractivity contribution in [2.75, 3.05) is 19.8 Å². The number of rotatable bonds is 10. The molecule has 1 aromatic heterocycles. The van der Waals surface area contributed by atoms with Crippen molar-refractivity contribution < 1.29 is 14.3 Å². The number of carbonyl (C=O) groups is 1. The lowest BCUT2D eigenvalue weighted by molar-refractivity contribution is 0.0925. The molecule has 0 fully saturated rings. The summed E-state index contributed by atoms with van der Waals surface area (Å²) >= 11 is 1.61. The van der Waals surface area contributed by atoms with Gasteiger partial charge in [-0.15, -0.1) is 11.3 Å². The third-order valence-corrected chi connectivity index (χ3v) is 4.19. The largest absolute Gasteiger partial charge is 0.487 e. The van der Waals surface area contributed by atoms with Gasteiger partial charge < -0.3 is 14.8 Å². The fourth-order valence-corrected chi connectivity index (χ4v) is 2.73. The summed E-state index contributed by atoms with van der Waals surface area (Å²) < 4.78 is 11.2. The van der Waals surface area contributed by atoms with E-state index in [1.54, 1.807) is 35.6 Å². The van der Waals surface area contributed by atoms with Crippen LogP contribution in [0.15, 0.2) is 29.6 Å². The Labute approximate surface area is 153 Å². The molecule has 0 aliphatic carbocycles. The number of aryl methyl sites for hydroxylation is 1. The highest BCUT2D eigenvalue weighted by Gasteiger charge is 2.06. The lowest BCUT2D eigenvalue weighted by Gasteiger charge is -2.08. The van der Waals surface area contributed by atoms with Crippen LogP contribution in [-0.4, -0.2) is 30.6 Å². The summed E-state index contributed by atoms with van der Waals surface area (Å²) in [5, 5.41) is 5.91. The maximum atomic E-state index is 12.1. The number of nitrogens with zero attached hydrogens (tertiary/aromatic N) is 1. The molecular formula is C19H26N2O3S. The van der Waals surface area contributed by atoms with Gasteiger partial charge in [-0.25, -0.2) is 4.98 Å². The van der Waals surface area contributed by atoms with Crippen molar-refractivity contribution in [3.63, 3.8) is 0 Å². The summed E-state index contributed by atoms with van der Waals surface area (Å²) in [5.74, 6) is 1.18. The van der Waals surface area contributed by atoms with Gasteiger partial charge in [-0.05, 0) is 43.5 Å². The summed E-state index contributed by atoms with van der Waals surface area (Å²) in [6.45, 7) is 8.68. The van der Waals surface area contributed by atoms with Gasteiger partial charge >= 0.3 is 0 Å². The van der Waals surface area contributed by atoms with Crippen molar-refractivity contribution in [2.24, 2.45) is 5.92 Å². The first-order valence-corrected chi connectivity index (χ1v) is 9.42. The van der Waals surface area contributed by atoms with Crippen LogP contribution in [0.4, 0.5) is 0 Å². The monoisotopic (exact) mass is 362 g/mol. The van der Waals surface area contributed by atoms with E-state index in [1.165, 1.54) is 0 Å². The molecule has 0 radical (unpaired) electrons. The second-order valence-corrected chi connectivity index (χ2v) is 7.31. The molecular weight excluding hydrogens is 336 g/mol. The summed E-state index contributed by atoms with van der Waals surface area (Å²) in [6, 6.07) is 7.15. The average Bonchev–Trinajstić information content (AvgIpc) is 3.01. The molecule has 0 bridgehead atoms. The first kappa shape index (κ1) is 19.4. The van der Waals surface area contributed by atoms with Crippen LogP contribution in [0, 0.1) is 12.8 Å². The molecule has 0 unspecified atom stereocenters. The molecule has 0 saturated heterocycles. The second-order valence-electron chi connectivity index (χ2n) is 6.25. The summed E-state index contributed by atoms with van der Waals surface area (Å²) in [5.41, 5.74) is 1.55. The minimum absolute atomic E-state index is 0.0782. The highest BCUT2D eigenvalue weighted by Crippen LogP contribution is 2.15. The van der Waals surface area contributed by atoms with E-state index in [-0.39, 0.29) is 5.91 Å². The fourth-order valence-electron chi connectivity index (χ4n) is 2.13. The van der Waals surface area contributed by atoms with Crippen molar-refractivity contribution in [1.29, 1.82) is 0 Å². The molecule has 0 aliphatic heterocycles. The molecule has 1 aromatic carbocycles. The zero-order valence-electron chi connectivity index (χ0n) is 15.1. The van der Waals surface area contributed by atoms with E-state index >= 15 is 0 Å². The van der Waals surface area contributed by atoms with Gasteiger partial charge in [0.15, 0.2) is 0 Å². The first-order valence-electron chi connectivity index (χ1n) is 8.54. The molecule has 2 aromatic rings. The average molecular weight is 362 g/mol. The van der Waals surface area contributed by atoms with Crippen LogP contribution >= 0.6 is 11.3 Å². The molecule has 2 rings (SSSR count). The van der Waals surface area contributed by atoms with E-state index in [2.05, 4.69) is 24.1 Å². The van der Waals surface area contributed by atoms with E-state index in [1.807, 2.05) is 12.3 Å². The Hall–Kier alpha value is -1.92. The van der Waals surface area contributed by atoms with Crippen LogP contribution in [-0.2, 0) is 11.3 Å². The quantitative estimate of drug-likeness (QED) is 0.653. The highest BCUT2D eigenvalue weighted by molar-refractivity contribution is 7.09. The van der Waals surface area contributed by atoms with Crippen molar-refractivity contribution in [3.8, 4) is 5.75 Å². The van der Waals surface area contributed by atoms with E-state index < -0.39 is 0 Å². The third kappa shape index (κ3) is 7.23. The Morgan fingerprint density at radius 2 is 2.04 bits per heavy atom. The lowest BCUT2D eigenvalue weighted by Crippen LogP contribution is -2.25.